The van der Waals surface area contributed by atoms with Crippen LogP contribution in [0.3, 0.4) is 0 Å². The lowest BCUT2D eigenvalue weighted by atomic mass is 10.1. The van der Waals surface area contributed by atoms with Crippen LogP contribution in [-0.2, 0) is 6.54 Å². The smallest absolute Gasteiger partial charge is 0.131 e. The van der Waals surface area contributed by atoms with Crippen LogP contribution in [0, 0.1) is 11.7 Å². The van der Waals surface area contributed by atoms with Gasteiger partial charge < -0.3 is 0 Å². The second-order valence-corrected chi connectivity index (χ2v) is 4.65. The fourth-order valence-corrected chi connectivity index (χ4v) is 1.71. The van der Waals surface area contributed by atoms with E-state index in [9.17, 15) is 4.39 Å². The summed E-state index contributed by atoms with van der Waals surface area (Å²) in [5.74, 6) is 0.451. The van der Waals surface area contributed by atoms with E-state index in [1.54, 1.807) is 18.3 Å². The number of halogens is 1. The summed E-state index contributed by atoms with van der Waals surface area (Å²) in [4.78, 5) is 0. The third-order valence-electron chi connectivity index (χ3n) is 2.75. The summed E-state index contributed by atoms with van der Waals surface area (Å²) in [5, 5.41) is 4.26. The largest absolute Gasteiger partial charge is 0.272 e. The number of hydrogen-bond acceptors (Lipinski definition) is 1. The minimum atomic E-state index is -0.198. The number of aryl methyl sites for hydroxylation is 1. The van der Waals surface area contributed by atoms with Crippen LogP contribution in [0.2, 0.25) is 0 Å². The van der Waals surface area contributed by atoms with E-state index >= 15 is 0 Å². The van der Waals surface area contributed by atoms with Crippen LogP contribution in [0.25, 0.3) is 11.1 Å². The van der Waals surface area contributed by atoms with Gasteiger partial charge in [-0.15, -0.1) is 0 Å². The third-order valence-corrected chi connectivity index (χ3v) is 2.75. The van der Waals surface area contributed by atoms with Crippen LogP contribution in [0.1, 0.15) is 20.3 Å². The highest BCUT2D eigenvalue weighted by molar-refractivity contribution is 5.62. The van der Waals surface area contributed by atoms with Crippen LogP contribution >= 0.6 is 0 Å². The average molecular weight is 232 g/mol. The van der Waals surface area contributed by atoms with Gasteiger partial charge in [0, 0.05) is 23.9 Å². The van der Waals surface area contributed by atoms with Gasteiger partial charge in [0.2, 0.25) is 0 Å². The van der Waals surface area contributed by atoms with Crippen molar-refractivity contribution in [2.45, 2.75) is 26.8 Å². The summed E-state index contributed by atoms with van der Waals surface area (Å²) in [5.41, 5.74) is 1.45. The Morgan fingerprint density at radius 3 is 2.76 bits per heavy atom. The van der Waals surface area contributed by atoms with Crippen molar-refractivity contribution in [3.8, 4) is 11.1 Å². The molecule has 0 amide bonds. The molecule has 0 bridgehead atoms. The maximum absolute atomic E-state index is 13.6. The standard InChI is InChI=1S/C14H17FN2/c1-11(2)7-8-17-10-12(9-16-17)13-5-3-4-6-14(13)15/h3-6,9-11H,7-8H2,1-2H3. The molecule has 0 radical (unpaired) electrons. The molecule has 90 valence electrons. The zero-order valence-electron chi connectivity index (χ0n) is 10.2. The zero-order chi connectivity index (χ0) is 12.3. The fraction of sp³-hybridized carbons (Fsp3) is 0.357. The first-order valence-electron chi connectivity index (χ1n) is 5.94. The molecule has 1 heterocycles. The summed E-state index contributed by atoms with van der Waals surface area (Å²) in [6.07, 6.45) is 4.71. The molecule has 0 saturated carbocycles. The van der Waals surface area contributed by atoms with E-state index in [2.05, 4.69) is 18.9 Å². The van der Waals surface area contributed by atoms with Crippen molar-refractivity contribution in [3.63, 3.8) is 0 Å². The van der Waals surface area contributed by atoms with Gasteiger partial charge in [0.25, 0.3) is 0 Å². The van der Waals surface area contributed by atoms with E-state index in [0.717, 1.165) is 18.5 Å². The number of hydrogen-bond donors (Lipinski definition) is 0. The highest BCUT2D eigenvalue weighted by atomic mass is 19.1. The van der Waals surface area contributed by atoms with Crippen molar-refractivity contribution in [1.29, 1.82) is 0 Å². The van der Waals surface area contributed by atoms with E-state index in [1.807, 2.05) is 16.9 Å². The summed E-state index contributed by atoms with van der Waals surface area (Å²) < 4.78 is 15.4. The minimum Gasteiger partial charge on any atom is -0.272 e. The first kappa shape index (κ1) is 11.8. The van der Waals surface area contributed by atoms with Crippen LogP contribution < -0.4 is 0 Å². The highest BCUT2D eigenvalue weighted by Crippen LogP contribution is 2.21. The second-order valence-electron chi connectivity index (χ2n) is 4.65. The molecule has 0 aliphatic rings. The molecule has 0 aliphatic heterocycles. The normalized spacial score (nSPS) is 11.1. The Morgan fingerprint density at radius 2 is 2.06 bits per heavy atom. The predicted octanol–water partition coefficient (Wildman–Crippen LogP) is 3.74. The molecule has 0 unspecified atom stereocenters. The van der Waals surface area contributed by atoms with Crippen molar-refractivity contribution < 1.29 is 4.39 Å². The summed E-state index contributed by atoms with van der Waals surface area (Å²) >= 11 is 0. The van der Waals surface area contributed by atoms with Gasteiger partial charge in [0.05, 0.1) is 6.20 Å². The molecule has 1 aromatic heterocycles. The molecule has 0 fully saturated rings. The van der Waals surface area contributed by atoms with Crippen molar-refractivity contribution in [3.05, 3.63) is 42.5 Å². The van der Waals surface area contributed by atoms with Crippen molar-refractivity contribution >= 4 is 0 Å². The van der Waals surface area contributed by atoms with Gasteiger partial charge in [-0.3, -0.25) is 4.68 Å². The Balaban J connectivity index is 2.16. The molecule has 0 saturated heterocycles. The number of aromatic nitrogens is 2. The lowest BCUT2D eigenvalue weighted by molar-refractivity contribution is 0.487. The Hall–Kier alpha value is -1.64. The Labute approximate surface area is 101 Å². The lowest BCUT2D eigenvalue weighted by Crippen LogP contribution is -2.01. The van der Waals surface area contributed by atoms with E-state index in [-0.39, 0.29) is 5.82 Å². The molecule has 0 N–H and O–H groups in total. The fourth-order valence-electron chi connectivity index (χ4n) is 1.71. The average Bonchev–Trinajstić information content (AvgIpc) is 2.75. The van der Waals surface area contributed by atoms with Gasteiger partial charge in [0.15, 0.2) is 0 Å². The molecule has 2 nitrogen and oxygen atoms in total. The van der Waals surface area contributed by atoms with E-state index in [4.69, 9.17) is 0 Å². The van der Waals surface area contributed by atoms with Gasteiger partial charge in [-0.1, -0.05) is 32.0 Å². The van der Waals surface area contributed by atoms with E-state index in [1.165, 1.54) is 6.07 Å². The third kappa shape index (κ3) is 2.93. The first-order chi connectivity index (χ1) is 8.16. The van der Waals surface area contributed by atoms with Crippen LogP contribution in [0.4, 0.5) is 4.39 Å². The molecule has 0 spiro atoms. The summed E-state index contributed by atoms with van der Waals surface area (Å²) in [7, 11) is 0. The quantitative estimate of drug-likeness (QED) is 0.785. The molecule has 2 aromatic rings. The van der Waals surface area contributed by atoms with Crippen molar-refractivity contribution in [2.75, 3.05) is 0 Å². The van der Waals surface area contributed by atoms with Crippen molar-refractivity contribution in [2.24, 2.45) is 5.92 Å². The molecule has 17 heavy (non-hydrogen) atoms. The monoisotopic (exact) mass is 232 g/mol. The first-order valence-corrected chi connectivity index (χ1v) is 5.94. The molecule has 1 aromatic carbocycles. The van der Waals surface area contributed by atoms with Crippen LogP contribution in [0.5, 0.6) is 0 Å². The van der Waals surface area contributed by atoms with Gasteiger partial charge in [-0.05, 0) is 18.4 Å². The molecule has 0 atom stereocenters. The van der Waals surface area contributed by atoms with Gasteiger partial charge >= 0.3 is 0 Å². The highest BCUT2D eigenvalue weighted by Gasteiger charge is 2.06. The molecular formula is C14H17FN2. The second kappa shape index (κ2) is 5.13. The molecule has 2 rings (SSSR count). The zero-order valence-corrected chi connectivity index (χ0v) is 10.2. The van der Waals surface area contributed by atoms with Crippen LogP contribution in [-0.4, -0.2) is 9.78 Å². The maximum Gasteiger partial charge on any atom is 0.131 e. The lowest BCUT2D eigenvalue weighted by Gasteiger charge is -2.04. The van der Waals surface area contributed by atoms with Crippen LogP contribution in [0.15, 0.2) is 36.7 Å². The number of rotatable bonds is 4. The predicted molar refractivity (Wildman–Crippen MR) is 67.1 cm³/mol. The topological polar surface area (TPSA) is 17.8 Å². The van der Waals surface area contributed by atoms with Gasteiger partial charge in [-0.25, -0.2) is 4.39 Å². The minimum absolute atomic E-state index is 0.198. The van der Waals surface area contributed by atoms with Crippen molar-refractivity contribution in [1.82, 2.24) is 9.78 Å². The maximum atomic E-state index is 13.6. The van der Waals surface area contributed by atoms with E-state index in [0.29, 0.717) is 11.5 Å². The molecular weight excluding hydrogens is 215 g/mol. The molecule has 0 aliphatic carbocycles. The number of nitrogens with zero attached hydrogens (tertiary/aromatic N) is 2. The summed E-state index contributed by atoms with van der Waals surface area (Å²) in [6.45, 7) is 5.24. The molecule has 3 heteroatoms. The summed E-state index contributed by atoms with van der Waals surface area (Å²) in [6, 6.07) is 6.78. The van der Waals surface area contributed by atoms with Gasteiger partial charge in [-0.2, -0.15) is 5.10 Å². The SMILES string of the molecule is CC(C)CCn1cc(-c2ccccc2F)cn1. The Morgan fingerprint density at radius 1 is 1.29 bits per heavy atom. The van der Waals surface area contributed by atoms with Gasteiger partial charge in [0.1, 0.15) is 5.82 Å². The number of benzene rings is 1. The Bertz CT molecular complexity index is 488. The van der Waals surface area contributed by atoms with E-state index < -0.39 is 0 Å². The Kier molecular flexibility index (Phi) is 3.57.